The van der Waals surface area contributed by atoms with Gasteiger partial charge in [0.05, 0.1) is 13.2 Å². The van der Waals surface area contributed by atoms with Gasteiger partial charge in [-0.05, 0) is 27.7 Å². The molecule has 0 bridgehead atoms. The van der Waals surface area contributed by atoms with Crippen LogP contribution in [0, 0.1) is 5.41 Å². The number of hydrogen-bond donors (Lipinski definition) is 1. The highest BCUT2D eigenvalue weighted by atomic mass is 16.6. The number of ether oxygens (including phenoxy) is 2. The maximum absolute atomic E-state index is 11.9. The zero-order valence-corrected chi connectivity index (χ0v) is 11.4. The van der Waals surface area contributed by atoms with E-state index in [9.17, 15) is 14.7 Å². The van der Waals surface area contributed by atoms with E-state index in [2.05, 4.69) is 0 Å². The summed E-state index contributed by atoms with van der Waals surface area (Å²) in [5.41, 5.74) is -1.68. The third kappa shape index (κ3) is 3.87. The first-order chi connectivity index (χ1) is 8.14. The van der Waals surface area contributed by atoms with Crippen molar-refractivity contribution in [1.82, 2.24) is 4.90 Å². The van der Waals surface area contributed by atoms with Crippen molar-refractivity contribution in [2.24, 2.45) is 5.41 Å². The molecule has 1 saturated heterocycles. The first-order valence-corrected chi connectivity index (χ1v) is 5.93. The van der Waals surface area contributed by atoms with Gasteiger partial charge < -0.3 is 19.5 Å². The molecule has 1 aliphatic rings. The highest BCUT2D eigenvalue weighted by Gasteiger charge is 2.39. The van der Waals surface area contributed by atoms with Crippen LogP contribution in [0.2, 0.25) is 0 Å². The van der Waals surface area contributed by atoms with Gasteiger partial charge in [-0.25, -0.2) is 4.79 Å². The van der Waals surface area contributed by atoms with Crippen molar-refractivity contribution in [3.05, 3.63) is 0 Å². The van der Waals surface area contributed by atoms with Gasteiger partial charge in [-0.1, -0.05) is 0 Å². The van der Waals surface area contributed by atoms with Crippen LogP contribution in [0.1, 0.15) is 27.7 Å². The van der Waals surface area contributed by atoms with Gasteiger partial charge in [-0.3, -0.25) is 4.79 Å². The summed E-state index contributed by atoms with van der Waals surface area (Å²) in [7, 11) is 0. The highest BCUT2D eigenvalue weighted by molar-refractivity contribution is 5.76. The molecule has 1 amide bonds. The van der Waals surface area contributed by atoms with Crippen molar-refractivity contribution in [3.8, 4) is 0 Å². The quantitative estimate of drug-likeness (QED) is 0.769. The summed E-state index contributed by atoms with van der Waals surface area (Å²) in [6.45, 7) is 7.75. The Balaban J connectivity index is 2.76. The molecule has 0 aromatic heterocycles. The van der Waals surface area contributed by atoms with Gasteiger partial charge in [0.1, 0.15) is 11.0 Å². The molecule has 6 heteroatoms. The number of carbonyl (C=O) groups excluding carboxylic acids is 1. The summed E-state index contributed by atoms with van der Waals surface area (Å²) in [5.74, 6) is -0.974. The maximum atomic E-state index is 11.9. The van der Waals surface area contributed by atoms with Crippen LogP contribution in [0.5, 0.6) is 0 Å². The molecule has 0 radical (unpaired) electrons. The lowest BCUT2D eigenvalue weighted by atomic mass is 9.91. The van der Waals surface area contributed by atoms with E-state index in [4.69, 9.17) is 9.47 Å². The van der Waals surface area contributed by atoms with Gasteiger partial charge in [0.25, 0.3) is 0 Å². The maximum Gasteiger partial charge on any atom is 0.410 e. The Bertz CT molecular complexity index is 336. The van der Waals surface area contributed by atoms with E-state index in [0.29, 0.717) is 13.2 Å². The molecule has 1 heterocycles. The fourth-order valence-corrected chi connectivity index (χ4v) is 1.63. The minimum absolute atomic E-state index is 0.0945. The molecule has 1 unspecified atom stereocenters. The van der Waals surface area contributed by atoms with Gasteiger partial charge >= 0.3 is 12.1 Å². The molecule has 6 nitrogen and oxygen atoms in total. The number of nitrogens with zero attached hydrogens (tertiary/aromatic N) is 1. The molecule has 0 aromatic carbocycles. The predicted molar refractivity (Wildman–Crippen MR) is 64.4 cm³/mol. The lowest BCUT2D eigenvalue weighted by Crippen LogP contribution is -2.46. The number of carboxylic acid groups (broad SMARTS) is 1. The van der Waals surface area contributed by atoms with Gasteiger partial charge in [0.2, 0.25) is 0 Å². The van der Waals surface area contributed by atoms with E-state index in [1.54, 1.807) is 27.7 Å². The summed E-state index contributed by atoms with van der Waals surface area (Å²) in [4.78, 5) is 24.6. The van der Waals surface area contributed by atoms with Crippen molar-refractivity contribution in [2.45, 2.75) is 33.3 Å². The molecule has 104 valence electrons. The number of carbonyl (C=O) groups is 2. The van der Waals surface area contributed by atoms with Crippen molar-refractivity contribution in [3.63, 3.8) is 0 Å². The van der Waals surface area contributed by atoms with Crippen LogP contribution in [0.15, 0.2) is 0 Å². The monoisotopic (exact) mass is 259 g/mol. The second-order valence-corrected chi connectivity index (χ2v) is 5.82. The predicted octanol–water partition coefficient (Wildman–Crippen LogP) is 1.34. The lowest BCUT2D eigenvalue weighted by molar-refractivity contribution is -0.151. The number of hydrogen-bond acceptors (Lipinski definition) is 4. The second-order valence-electron chi connectivity index (χ2n) is 5.82. The Labute approximate surface area is 107 Å². The number of amides is 1. The Morgan fingerprint density at radius 1 is 1.39 bits per heavy atom. The van der Waals surface area contributed by atoms with E-state index in [-0.39, 0.29) is 13.2 Å². The van der Waals surface area contributed by atoms with Gasteiger partial charge in [0.15, 0.2) is 0 Å². The molecule has 0 aromatic rings. The van der Waals surface area contributed by atoms with Crippen molar-refractivity contribution in [1.29, 1.82) is 0 Å². The van der Waals surface area contributed by atoms with Crippen LogP contribution in [-0.2, 0) is 14.3 Å². The molecule has 1 rings (SSSR count). The fourth-order valence-electron chi connectivity index (χ4n) is 1.63. The standard InChI is InChI=1S/C12H21NO5/c1-11(2,3)18-10(16)13-5-6-17-8-12(4,7-13)9(14)15/h5-8H2,1-4H3,(H,14,15). The van der Waals surface area contributed by atoms with E-state index in [0.717, 1.165) is 0 Å². The SMILES string of the molecule is CC(C)(C)OC(=O)N1CCOCC(C)(C(=O)O)C1. The highest BCUT2D eigenvalue weighted by Crippen LogP contribution is 2.23. The fraction of sp³-hybridized carbons (Fsp3) is 0.833. The Kier molecular flexibility index (Phi) is 4.21. The van der Waals surface area contributed by atoms with E-state index in [1.165, 1.54) is 4.90 Å². The summed E-state index contributed by atoms with van der Waals surface area (Å²) in [5, 5.41) is 9.20. The lowest BCUT2D eigenvalue weighted by Gasteiger charge is -2.30. The zero-order valence-electron chi connectivity index (χ0n) is 11.4. The van der Waals surface area contributed by atoms with Gasteiger partial charge in [0, 0.05) is 13.1 Å². The van der Waals surface area contributed by atoms with Gasteiger partial charge in [-0.15, -0.1) is 0 Å². The minimum Gasteiger partial charge on any atom is -0.481 e. The number of carboxylic acids is 1. The number of aliphatic carboxylic acids is 1. The molecule has 1 fully saturated rings. The molecule has 1 aliphatic heterocycles. The summed E-state index contributed by atoms with van der Waals surface area (Å²) in [6.07, 6.45) is -0.500. The minimum atomic E-state index is -1.09. The Morgan fingerprint density at radius 2 is 2.00 bits per heavy atom. The molecule has 0 aliphatic carbocycles. The molecule has 1 N–H and O–H groups in total. The zero-order chi connectivity index (χ0) is 14.0. The van der Waals surface area contributed by atoms with Crippen LogP contribution in [0.25, 0.3) is 0 Å². The summed E-state index contributed by atoms with van der Waals surface area (Å²) in [6, 6.07) is 0. The topological polar surface area (TPSA) is 76.1 Å². The van der Waals surface area contributed by atoms with Crippen molar-refractivity contribution >= 4 is 12.1 Å². The normalized spacial score (nSPS) is 25.4. The smallest absolute Gasteiger partial charge is 0.410 e. The van der Waals surface area contributed by atoms with E-state index in [1.807, 2.05) is 0 Å². The van der Waals surface area contributed by atoms with Crippen LogP contribution >= 0.6 is 0 Å². The molecule has 0 spiro atoms. The molecular weight excluding hydrogens is 238 g/mol. The van der Waals surface area contributed by atoms with Crippen LogP contribution in [0.4, 0.5) is 4.79 Å². The van der Waals surface area contributed by atoms with Gasteiger partial charge in [-0.2, -0.15) is 0 Å². The Morgan fingerprint density at radius 3 is 2.50 bits per heavy atom. The average molecular weight is 259 g/mol. The van der Waals surface area contributed by atoms with Crippen LogP contribution in [-0.4, -0.2) is 54.0 Å². The third-order valence-electron chi connectivity index (χ3n) is 2.63. The average Bonchev–Trinajstić information content (AvgIpc) is 2.38. The summed E-state index contributed by atoms with van der Waals surface area (Å²) >= 11 is 0. The number of rotatable bonds is 1. The molecular formula is C12H21NO5. The van der Waals surface area contributed by atoms with E-state index < -0.39 is 23.1 Å². The van der Waals surface area contributed by atoms with E-state index >= 15 is 0 Å². The molecule has 1 atom stereocenters. The van der Waals surface area contributed by atoms with Crippen molar-refractivity contribution < 1.29 is 24.2 Å². The van der Waals surface area contributed by atoms with Crippen molar-refractivity contribution in [2.75, 3.05) is 26.3 Å². The van der Waals surface area contributed by atoms with Crippen LogP contribution in [0.3, 0.4) is 0 Å². The second kappa shape index (κ2) is 5.14. The first kappa shape index (κ1) is 14.8. The Hall–Kier alpha value is -1.30. The molecule has 0 saturated carbocycles. The molecule has 18 heavy (non-hydrogen) atoms. The third-order valence-corrected chi connectivity index (χ3v) is 2.63. The first-order valence-electron chi connectivity index (χ1n) is 5.93. The summed E-state index contributed by atoms with van der Waals surface area (Å²) < 4.78 is 10.5. The van der Waals surface area contributed by atoms with Crippen LogP contribution < -0.4 is 0 Å². The largest absolute Gasteiger partial charge is 0.481 e.